The molecule has 1 N–H and O–H groups in total. The lowest BCUT2D eigenvalue weighted by atomic mass is 9.89. The van der Waals surface area contributed by atoms with E-state index in [1.54, 1.807) is 13.0 Å². The number of carbonyl (C=O) groups excluding carboxylic acids is 1. The lowest BCUT2D eigenvalue weighted by Gasteiger charge is -2.24. The molecule has 0 bridgehead atoms. The van der Waals surface area contributed by atoms with Crippen LogP contribution in [-0.4, -0.2) is 18.9 Å². The Kier molecular flexibility index (Phi) is 3.62. The van der Waals surface area contributed by atoms with Crippen LogP contribution in [0.3, 0.4) is 0 Å². The third kappa shape index (κ3) is 2.45. The van der Waals surface area contributed by atoms with Crippen LogP contribution < -0.4 is 5.32 Å². The van der Waals surface area contributed by atoms with Gasteiger partial charge in [-0.2, -0.15) is 0 Å². The molecule has 0 radical (unpaired) electrons. The van der Waals surface area contributed by atoms with E-state index in [1.165, 1.54) is 5.56 Å². The van der Waals surface area contributed by atoms with Crippen LogP contribution in [0, 0.1) is 0 Å². The maximum Gasteiger partial charge on any atom is 0.159 e. The molecule has 0 saturated carbocycles. The Morgan fingerprint density at radius 1 is 1.38 bits per heavy atom. The van der Waals surface area contributed by atoms with Crippen molar-refractivity contribution in [2.75, 3.05) is 13.1 Å². The molecule has 1 saturated heterocycles. The monoisotopic (exact) mass is 237 g/mol. The molecule has 0 amide bonds. The summed E-state index contributed by atoms with van der Waals surface area (Å²) < 4.78 is 0. The highest BCUT2D eigenvalue weighted by Gasteiger charge is 2.18. The van der Waals surface area contributed by atoms with Crippen LogP contribution in [0.2, 0.25) is 5.02 Å². The predicted molar refractivity (Wildman–Crippen MR) is 66.3 cm³/mol. The molecule has 0 aliphatic carbocycles. The maximum absolute atomic E-state index is 11.2. The summed E-state index contributed by atoms with van der Waals surface area (Å²) in [6.45, 7) is 3.67. The quantitative estimate of drug-likeness (QED) is 0.802. The summed E-state index contributed by atoms with van der Waals surface area (Å²) >= 11 is 6.23. The maximum atomic E-state index is 11.2. The van der Waals surface area contributed by atoms with Gasteiger partial charge in [0.2, 0.25) is 0 Å². The number of benzene rings is 1. The van der Waals surface area contributed by atoms with E-state index in [-0.39, 0.29) is 5.78 Å². The Hall–Kier alpha value is -0.860. The van der Waals surface area contributed by atoms with Gasteiger partial charge in [-0.25, -0.2) is 0 Å². The molecule has 3 heteroatoms. The fourth-order valence-electron chi connectivity index (χ4n) is 2.21. The Balaban J connectivity index is 2.24. The molecule has 1 fully saturated rings. The van der Waals surface area contributed by atoms with Crippen molar-refractivity contribution in [3.05, 3.63) is 34.3 Å². The van der Waals surface area contributed by atoms with E-state index in [1.807, 2.05) is 12.1 Å². The van der Waals surface area contributed by atoms with Crippen molar-refractivity contribution in [1.82, 2.24) is 5.32 Å². The second-order valence-corrected chi connectivity index (χ2v) is 4.72. The van der Waals surface area contributed by atoms with Gasteiger partial charge in [0.1, 0.15) is 0 Å². The third-order valence-electron chi connectivity index (χ3n) is 3.19. The Morgan fingerprint density at radius 2 is 2.06 bits per heavy atom. The molecule has 1 aromatic carbocycles. The van der Waals surface area contributed by atoms with Crippen molar-refractivity contribution in [1.29, 1.82) is 0 Å². The molecule has 16 heavy (non-hydrogen) atoms. The summed E-state index contributed by atoms with van der Waals surface area (Å²) in [6, 6.07) is 5.68. The lowest BCUT2D eigenvalue weighted by Crippen LogP contribution is -2.26. The highest BCUT2D eigenvalue weighted by atomic mass is 35.5. The largest absolute Gasteiger partial charge is 0.317 e. The average molecular weight is 238 g/mol. The highest BCUT2D eigenvalue weighted by molar-refractivity contribution is 6.31. The van der Waals surface area contributed by atoms with Crippen molar-refractivity contribution in [3.63, 3.8) is 0 Å². The molecule has 1 aliphatic heterocycles. The number of carbonyl (C=O) groups is 1. The summed E-state index contributed by atoms with van der Waals surface area (Å²) in [4.78, 5) is 11.2. The van der Waals surface area contributed by atoms with Crippen molar-refractivity contribution >= 4 is 17.4 Å². The predicted octanol–water partition coefficient (Wildman–Crippen LogP) is 3.01. The molecular weight excluding hydrogens is 222 g/mol. The molecule has 86 valence electrons. The first-order valence-electron chi connectivity index (χ1n) is 5.69. The first-order valence-corrected chi connectivity index (χ1v) is 6.07. The van der Waals surface area contributed by atoms with Crippen molar-refractivity contribution in [3.8, 4) is 0 Å². The summed E-state index contributed by atoms with van der Waals surface area (Å²) in [6.07, 6.45) is 2.25. The third-order valence-corrected chi connectivity index (χ3v) is 3.51. The minimum Gasteiger partial charge on any atom is -0.317 e. The van der Waals surface area contributed by atoms with Gasteiger partial charge in [0, 0.05) is 10.6 Å². The molecule has 0 atom stereocenters. The second kappa shape index (κ2) is 4.98. The first kappa shape index (κ1) is 11.6. The van der Waals surface area contributed by atoms with Crippen LogP contribution in [0.5, 0.6) is 0 Å². The topological polar surface area (TPSA) is 29.1 Å². The molecule has 1 heterocycles. The van der Waals surface area contributed by atoms with E-state index >= 15 is 0 Å². The summed E-state index contributed by atoms with van der Waals surface area (Å²) in [5, 5.41) is 4.07. The molecule has 2 rings (SSSR count). The van der Waals surface area contributed by atoms with E-state index in [0.717, 1.165) is 31.0 Å². The van der Waals surface area contributed by atoms with Gasteiger partial charge in [0.25, 0.3) is 0 Å². The fourth-order valence-corrected chi connectivity index (χ4v) is 2.54. The van der Waals surface area contributed by atoms with E-state index in [4.69, 9.17) is 11.6 Å². The van der Waals surface area contributed by atoms with Crippen molar-refractivity contribution in [2.45, 2.75) is 25.7 Å². The van der Waals surface area contributed by atoms with Crippen LogP contribution in [0.25, 0.3) is 0 Å². The Labute approximate surface area is 101 Å². The zero-order valence-electron chi connectivity index (χ0n) is 9.42. The van der Waals surface area contributed by atoms with Gasteiger partial charge in [-0.15, -0.1) is 0 Å². The van der Waals surface area contributed by atoms with E-state index in [2.05, 4.69) is 5.32 Å². The van der Waals surface area contributed by atoms with Crippen LogP contribution in [-0.2, 0) is 0 Å². The molecule has 0 aromatic heterocycles. The number of piperidine rings is 1. The summed E-state index contributed by atoms with van der Waals surface area (Å²) in [5.74, 6) is 0.605. The standard InChI is InChI=1S/C13H16ClNO/c1-9(16)11-2-3-12(13(14)8-11)10-4-6-15-7-5-10/h2-3,8,10,15H,4-7H2,1H3. The van der Waals surface area contributed by atoms with Gasteiger partial charge in [-0.1, -0.05) is 23.7 Å². The zero-order chi connectivity index (χ0) is 11.5. The number of hydrogen-bond donors (Lipinski definition) is 1. The molecule has 1 aliphatic rings. The molecule has 0 unspecified atom stereocenters. The van der Waals surface area contributed by atoms with Crippen molar-refractivity contribution in [2.24, 2.45) is 0 Å². The number of hydrogen-bond acceptors (Lipinski definition) is 2. The normalized spacial score (nSPS) is 17.4. The Bertz CT molecular complexity index is 397. The SMILES string of the molecule is CC(=O)c1ccc(C2CCNCC2)c(Cl)c1. The number of Topliss-reactive ketones (excluding diaryl/α,β-unsaturated/α-hetero) is 1. The van der Waals surface area contributed by atoms with Gasteiger partial charge in [0.05, 0.1) is 0 Å². The Morgan fingerprint density at radius 3 is 2.62 bits per heavy atom. The number of halogens is 1. The first-order chi connectivity index (χ1) is 7.68. The van der Waals surface area contributed by atoms with Crippen molar-refractivity contribution < 1.29 is 4.79 Å². The molecule has 0 spiro atoms. The van der Waals surface area contributed by atoms with Crippen LogP contribution in [0.15, 0.2) is 18.2 Å². The van der Waals surface area contributed by atoms with Gasteiger partial charge < -0.3 is 5.32 Å². The van der Waals surface area contributed by atoms with Crippen LogP contribution in [0.1, 0.15) is 41.6 Å². The fraction of sp³-hybridized carbons (Fsp3) is 0.462. The van der Waals surface area contributed by atoms with E-state index in [9.17, 15) is 4.79 Å². The van der Waals surface area contributed by atoms with E-state index < -0.39 is 0 Å². The minimum absolute atomic E-state index is 0.0683. The number of nitrogens with one attached hydrogen (secondary N) is 1. The summed E-state index contributed by atoms with van der Waals surface area (Å²) in [5.41, 5.74) is 1.89. The number of rotatable bonds is 2. The lowest BCUT2D eigenvalue weighted by molar-refractivity contribution is 0.101. The van der Waals surface area contributed by atoms with E-state index in [0.29, 0.717) is 11.5 Å². The highest BCUT2D eigenvalue weighted by Crippen LogP contribution is 2.31. The van der Waals surface area contributed by atoms with Gasteiger partial charge in [-0.05, 0) is 50.4 Å². The summed E-state index contributed by atoms with van der Waals surface area (Å²) in [7, 11) is 0. The van der Waals surface area contributed by atoms with Gasteiger partial charge >= 0.3 is 0 Å². The molecule has 2 nitrogen and oxygen atoms in total. The average Bonchev–Trinajstić information content (AvgIpc) is 2.30. The molecule has 1 aromatic rings. The zero-order valence-corrected chi connectivity index (χ0v) is 10.2. The smallest absolute Gasteiger partial charge is 0.159 e. The minimum atomic E-state index is 0.0683. The van der Waals surface area contributed by atoms with Crippen LogP contribution in [0.4, 0.5) is 0 Å². The van der Waals surface area contributed by atoms with Crippen LogP contribution >= 0.6 is 11.6 Å². The molecular formula is C13H16ClNO. The van der Waals surface area contributed by atoms with Gasteiger partial charge in [0.15, 0.2) is 5.78 Å². The number of ketones is 1. The van der Waals surface area contributed by atoms with Gasteiger partial charge in [-0.3, -0.25) is 4.79 Å². The second-order valence-electron chi connectivity index (χ2n) is 4.32.